The molecule has 0 heterocycles. The van der Waals surface area contributed by atoms with Gasteiger partial charge < -0.3 is 24.9 Å². The molecule has 0 unspecified atom stereocenters. The highest BCUT2D eigenvalue weighted by Gasteiger charge is 2.26. The summed E-state index contributed by atoms with van der Waals surface area (Å²) in [4.78, 5) is 38.7. The number of aryl methyl sites for hydroxylation is 1. The van der Waals surface area contributed by atoms with Gasteiger partial charge in [0.1, 0.15) is 30.8 Å². The maximum Gasteiger partial charge on any atom is 0.410 e. The van der Waals surface area contributed by atoms with Crippen LogP contribution in [0.25, 0.3) is 0 Å². The third-order valence-electron chi connectivity index (χ3n) is 4.42. The molecule has 8 nitrogen and oxygen atoms in total. The first-order chi connectivity index (χ1) is 14.1. The van der Waals surface area contributed by atoms with E-state index < -0.39 is 17.7 Å². The minimum absolute atomic E-state index is 0.162. The topological polar surface area (TPSA) is 102 Å². The predicted molar refractivity (Wildman–Crippen MR) is 115 cm³/mol. The van der Waals surface area contributed by atoms with Crippen molar-refractivity contribution in [3.8, 4) is 5.75 Å². The van der Waals surface area contributed by atoms with Gasteiger partial charge in [0.15, 0.2) is 0 Å². The number of nitrogens with two attached hydrogens (primary N) is 1. The summed E-state index contributed by atoms with van der Waals surface area (Å²) >= 11 is 0. The summed E-state index contributed by atoms with van der Waals surface area (Å²) in [7, 11) is 1.53. The fourth-order valence-electron chi connectivity index (χ4n) is 2.56. The van der Waals surface area contributed by atoms with E-state index in [0.717, 1.165) is 24.2 Å². The number of rotatable bonds is 11. The molecule has 1 atom stereocenters. The van der Waals surface area contributed by atoms with E-state index in [1.165, 1.54) is 16.8 Å². The Morgan fingerprint density at radius 1 is 1.23 bits per heavy atom. The van der Waals surface area contributed by atoms with Gasteiger partial charge in [0.25, 0.3) is 0 Å². The Morgan fingerprint density at radius 2 is 1.90 bits per heavy atom. The molecule has 0 aliphatic carbocycles. The lowest BCUT2D eigenvalue weighted by Gasteiger charge is -2.29. The Labute approximate surface area is 179 Å². The summed E-state index contributed by atoms with van der Waals surface area (Å²) in [5.41, 5.74) is 5.94. The largest absolute Gasteiger partial charge is 0.491 e. The third-order valence-corrected chi connectivity index (χ3v) is 4.42. The number of nitrogens with zero attached hydrogens (tertiary/aromatic N) is 2. The van der Waals surface area contributed by atoms with Gasteiger partial charge in [-0.1, -0.05) is 18.2 Å². The summed E-state index contributed by atoms with van der Waals surface area (Å²) in [6.07, 6.45) is 1.72. The molecule has 0 saturated carbocycles. The Morgan fingerprint density at radius 3 is 2.50 bits per heavy atom. The highest BCUT2D eigenvalue weighted by Crippen LogP contribution is 2.19. The molecule has 0 radical (unpaired) electrons. The van der Waals surface area contributed by atoms with E-state index in [0.29, 0.717) is 12.8 Å². The number of amides is 2. The zero-order chi connectivity index (χ0) is 22.7. The molecular weight excluding hydrogens is 386 g/mol. The van der Waals surface area contributed by atoms with Gasteiger partial charge in [-0.2, -0.15) is 0 Å². The molecule has 0 aromatic heterocycles. The summed E-state index contributed by atoms with van der Waals surface area (Å²) in [5.74, 6) is 0.372. The van der Waals surface area contributed by atoms with Gasteiger partial charge in [-0.25, -0.2) is 4.79 Å². The molecular formula is C22H35N3O5. The lowest BCUT2D eigenvalue weighted by molar-refractivity contribution is -0.135. The number of carbonyl (C=O) groups excluding carboxylic acids is 3. The molecule has 0 bridgehead atoms. The van der Waals surface area contributed by atoms with Crippen molar-refractivity contribution in [2.24, 2.45) is 5.73 Å². The molecule has 0 saturated heterocycles. The highest BCUT2D eigenvalue weighted by molar-refractivity contribution is 5.84. The highest BCUT2D eigenvalue weighted by atomic mass is 16.6. The second kappa shape index (κ2) is 12.2. The molecule has 1 aromatic carbocycles. The number of ether oxygens (including phenoxy) is 2. The normalized spacial score (nSPS) is 12.1. The Hall–Kier alpha value is -2.61. The van der Waals surface area contributed by atoms with E-state index in [4.69, 9.17) is 15.2 Å². The van der Waals surface area contributed by atoms with Crippen LogP contribution in [0.4, 0.5) is 4.79 Å². The average Bonchev–Trinajstić information content (AvgIpc) is 2.69. The van der Waals surface area contributed by atoms with Crippen LogP contribution in [-0.2, 0) is 20.7 Å². The van der Waals surface area contributed by atoms with Crippen molar-refractivity contribution in [1.82, 2.24) is 9.80 Å². The lowest BCUT2D eigenvalue weighted by atomic mass is 10.1. The van der Waals surface area contributed by atoms with Crippen molar-refractivity contribution in [2.45, 2.75) is 52.2 Å². The Kier molecular flexibility index (Phi) is 10.3. The van der Waals surface area contributed by atoms with Gasteiger partial charge in [0.05, 0.1) is 12.6 Å². The van der Waals surface area contributed by atoms with Gasteiger partial charge in [-0.15, -0.1) is 0 Å². The van der Waals surface area contributed by atoms with Gasteiger partial charge in [-0.3, -0.25) is 9.69 Å². The van der Waals surface area contributed by atoms with E-state index in [9.17, 15) is 14.4 Å². The van der Waals surface area contributed by atoms with E-state index in [-0.39, 0.29) is 25.6 Å². The van der Waals surface area contributed by atoms with Crippen molar-refractivity contribution < 1.29 is 23.9 Å². The van der Waals surface area contributed by atoms with Crippen molar-refractivity contribution in [2.75, 3.05) is 33.3 Å². The van der Waals surface area contributed by atoms with Crippen molar-refractivity contribution in [3.63, 3.8) is 0 Å². The minimum atomic E-state index is -0.698. The predicted octanol–water partition coefficient (Wildman–Crippen LogP) is 2.24. The minimum Gasteiger partial charge on any atom is -0.491 e. The molecule has 0 spiro atoms. The van der Waals surface area contributed by atoms with Gasteiger partial charge in [0, 0.05) is 7.05 Å². The van der Waals surface area contributed by atoms with Crippen LogP contribution in [0.3, 0.4) is 0 Å². The first-order valence-corrected chi connectivity index (χ1v) is 10.2. The van der Waals surface area contributed by atoms with Crippen LogP contribution in [0, 0.1) is 0 Å². The molecule has 2 amide bonds. The van der Waals surface area contributed by atoms with Gasteiger partial charge in [0.2, 0.25) is 5.91 Å². The number of hydrogen-bond donors (Lipinski definition) is 1. The molecule has 2 N–H and O–H groups in total. The zero-order valence-electron chi connectivity index (χ0n) is 18.7. The van der Waals surface area contributed by atoms with Crippen LogP contribution in [0.1, 0.15) is 39.7 Å². The second-order valence-corrected chi connectivity index (χ2v) is 8.13. The fraction of sp³-hybridized carbons (Fsp3) is 0.591. The molecule has 0 aliphatic heterocycles. The summed E-state index contributed by atoms with van der Waals surface area (Å²) < 4.78 is 11.3. The van der Waals surface area contributed by atoms with Crippen LogP contribution < -0.4 is 10.5 Å². The summed E-state index contributed by atoms with van der Waals surface area (Å²) in [5, 5.41) is 0. The first kappa shape index (κ1) is 25.4. The van der Waals surface area contributed by atoms with E-state index in [1.54, 1.807) is 27.7 Å². The molecule has 1 aromatic rings. The van der Waals surface area contributed by atoms with E-state index in [2.05, 4.69) is 0 Å². The first-order valence-electron chi connectivity index (χ1n) is 10.2. The van der Waals surface area contributed by atoms with Crippen LogP contribution in [0.5, 0.6) is 5.75 Å². The van der Waals surface area contributed by atoms with Crippen molar-refractivity contribution >= 4 is 18.3 Å². The number of likely N-dealkylation sites (N-methyl/N-ethyl adjacent to an activating group) is 1. The van der Waals surface area contributed by atoms with Crippen LogP contribution in [0.2, 0.25) is 0 Å². The Bertz CT molecular complexity index is 702. The van der Waals surface area contributed by atoms with Crippen molar-refractivity contribution in [1.29, 1.82) is 0 Å². The SMILES string of the molecule is C[C@H](C=O)N(C)C(=O)CN(CCOc1ccccc1CCCN)C(=O)OC(C)(C)C. The Balaban J connectivity index is 2.82. The van der Waals surface area contributed by atoms with Crippen LogP contribution in [0.15, 0.2) is 24.3 Å². The number of para-hydroxylation sites is 1. The molecule has 30 heavy (non-hydrogen) atoms. The number of benzene rings is 1. The van der Waals surface area contributed by atoms with Crippen molar-refractivity contribution in [3.05, 3.63) is 29.8 Å². The van der Waals surface area contributed by atoms with E-state index in [1.807, 2.05) is 24.3 Å². The van der Waals surface area contributed by atoms with Gasteiger partial charge >= 0.3 is 6.09 Å². The van der Waals surface area contributed by atoms with E-state index >= 15 is 0 Å². The van der Waals surface area contributed by atoms with Gasteiger partial charge in [-0.05, 0) is 58.7 Å². The maximum atomic E-state index is 12.6. The third kappa shape index (κ3) is 8.82. The summed E-state index contributed by atoms with van der Waals surface area (Å²) in [6.45, 7) is 7.64. The standard InChI is InChI=1S/C22H35N3O5/c1-17(16-26)24(5)20(27)15-25(21(28)30-22(2,3)4)13-14-29-19-11-7-6-9-18(19)10-8-12-23/h6-7,9,11,16-17H,8,10,12-15,23H2,1-5H3/t17-/m1/s1. The maximum absolute atomic E-state index is 12.6. The number of hydrogen-bond acceptors (Lipinski definition) is 6. The second-order valence-electron chi connectivity index (χ2n) is 8.13. The zero-order valence-corrected chi connectivity index (χ0v) is 18.7. The molecule has 0 fully saturated rings. The number of aldehydes is 1. The van der Waals surface area contributed by atoms with Crippen LogP contribution >= 0.6 is 0 Å². The monoisotopic (exact) mass is 421 g/mol. The molecule has 0 aliphatic rings. The average molecular weight is 422 g/mol. The molecule has 168 valence electrons. The lowest BCUT2D eigenvalue weighted by Crippen LogP contribution is -2.47. The number of carbonyl (C=O) groups is 3. The molecule has 1 rings (SSSR count). The summed E-state index contributed by atoms with van der Waals surface area (Å²) in [6, 6.07) is 7.09. The fourth-order valence-corrected chi connectivity index (χ4v) is 2.56. The molecule has 8 heteroatoms. The smallest absolute Gasteiger partial charge is 0.410 e. The van der Waals surface area contributed by atoms with Crippen LogP contribution in [-0.4, -0.2) is 73.0 Å². The quantitative estimate of drug-likeness (QED) is 0.550.